The van der Waals surface area contributed by atoms with Gasteiger partial charge in [-0.25, -0.2) is 4.79 Å². The Hall–Kier alpha value is -3.48. The van der Waals surface area contributed by atoms with Crippen LogP contribution in [0.4, 0.5) is 29.5 Å². The molecule has 1 aliphatic carbocycles. The molecule has 0 spiro atoms. The Morgan fingerprint density at radius 3 is 2.52 bits per heavy atom. The van der Waals surface area contributed by atoms with Crippen LogP contribution >= 0.6 is 11.3 Å². The van der Waals surface area contributed by atoms with Gasteiger partial charge in [0.1, 0.15) is 5.00 Å². The van der Waals surface area contributed by atoms with Crippen LogP contribution < -0.4 is 10.6 Å². The summed E-state index contributed by atoms with van der Waals surface area (Å²) in [5, 5.41) is 15.6. The van der Waals surface area contributed by atoms with Gasteiger partial charge in [0, 0.05) is 23.9 Å². The van der Waals surface area contributed by atoms with Crippen molar-refractivity contribution in [2.24, 2.45) is 0 Å². The van der Waals surface area contributed by atoms with Gasteiger partial charge in [0.25, 0.3) is 11.6 Å². The molecule has 2 N–H and O–H groups in total. The van der Waals surface area contributed by atoms with Crippen molar-refractivity contribution in [1.29, 1.82) is 0 Å². The Balaban J connectivity index is 1.75. The number of nitrogens with one attached hydrogen (secondary N) is 2. The molecule has 176 valence electrons. The number of rotatable bonds is 6. The van der Waals surface area contributed by atoms with Crippen molar-refractivity contribution < 1.29 is 37.2 Å². The number of carbonyl (C=O) groups is 3. The molecule has 1 aromatic heterocycles. The number of ether oxygens (including phenoxy) is 1. The topological polar surface area (TPSA) is 128 Å². The number of fused-ring (bicyclic) bond motifs is 1. The number of esters is 1. The van der Waals surface area contributed by atoms with Crippen LogP contribution in [0.15, 0.2) is 18.2 Å². The summed E-state index contributed by atoms with van der Waals surface area (Å²) in [5.41, 5.74) is -2.03. The number of alkyl halides is 3. The highest BCUT2D eigenvalue weighted by Crippen LogP contribution is 2.39. The molecule has 1 aromatic carbocycles. The monoisotopic (exact) mass is 485 g/mol. The number of halogens is 3. The molecule has 0 saturated carbocycles. The molecule has 0 atom stereocenters. The molecule has 13 heteroatoms. The molecule has 0 saturated heterocycles. The number of hydrogen-bond donors (Lipinski definition) is 2. The maximum atomic E-state index is 13.3. The van der Waals surface area contributed by atoms with Crippen molar-refractivity contribution in [1.82, 2.24) is 0 Å². The molecule has 1 heterocycles. The fourth-order valence-electron chi connectivity index (χ4n) is 3.41. The molecule has 2 aromatic rings. The van der Waals surface area contributed by atoms with E-state index in [0.717, 1.165) is 41.8 Å². The standard InChI is InChI=1S/C20H18F3N3O6S/c1-10(27)24-18-17(12-4-2-3-5-15(12)33-18)19(29)32-9-16(28)25-14-7-6-11(26(30)31)8-13(14)20(21,22)23/h6-8H,2-5,9H2,1H3,(H,24,27)(H,25,28). The lowest BCUT2D eigenvalue weighted by Crippen LogP contribution is -2.23. The molecule has 9 nitrogen and oxygen atoms in total. The van der Waals surface area contributed by atoms with E-state index in [1.165, 1.54) is 18.3 Å². The van der Waals surface area contributed by atoms with E-state index in [2.05, 4.69) is 5.32 Å². The van der Waals surface area contributed by atoms with E-state index >= 15 is 0 Å². The van der Waals surface area contributed by atoms with Crippen molar-refractivity contribution in [3.63, 3.8) is 0 Å². The maximum Gasteiger partial charge on any atom is 0.418 e. The zero-order chi connectivity index (χ0) is 24.3. The second kappa shape index (κ2) is 9.57. The average molecular weight is 485 g/mol. The molecular formula is C20H18F3N3O6S. The van der Waals surface area contributed by atoms with Crippen molar-refractivity contribution in [2.75, 3.05) is 17.2 Å². The first-order chi connectivity index (χ1) is 15.5. The van der Waals surface area contributed by atoms with E-state index in [4.69, 9.17) is 4.74 Å². The quantitative estimate of drug-likeness (QED) is 0.357. The number of thiophene rings is 1. The van der Waals surface area contributed by atoms with Gasteiger partial charge in [-0.1, -0.05) is 0 Å². The van der Waals surface area contributed by atoms with Gasteiger partial charge >= 0.3 is 12.1 Å². The van der Waals surface area contributed by atoms with Crippen LogP contribution in [-0.2, 0) is 33.3 Å². The van der Waals surface area contributed by atoms with Crippen LogP contribution in [0.3, 0.4) is 0 Å². The Bertz CT molecular complexity index is 1130. The Morgan fingerprint density at radius 1 is 1.18 bits per heavy atom. The van der Waals surface area contributed by atoms with E-state index < -0.39 is 52.4 Å². The molecule has 1 aliphatic rings. The van der Waals surface area contributed by atoms with E-state index in [9.17, 15) is 37.7 Å². The highest BCUT2D eigenvalue weighted by Gasteiger charge is 2.36. The maximum absolute atomic E-state index is 13.3. The third kappa shape index (κ3) is 5.66. The number of amides is 2. The lowest BCUT2D eigenvalue weighted by atomic mass is 9.95. The number of nitrogens with zero attached hydrogens (tertiary/aromatic N) is 1. The summed E-state index contributed by atoms with van der Waals surface area (Å²) in [6, 6.07) is 1.87. The summed E-state index contributed by atoms with van der Waals surface area (Å²) in [6.45, 7) is 0.390. The average Bonchev–Trinajstić information content (AvgIpc) is 3.08. The normalized spacial score (nSPS) is 13.1. The number of nitro groups is 1. The van der Waals surface area contributed by atoms with Crippen LogP contribution in [0, 0.1) is 10.1 Å². The lowest BCUT2D eigenvalue weighted by Gasteiger charge is -2.14. The van der Waals surface area contributed by atoms with E-state index in [1.54, 1.807) is 0 Å². The van der Waals surface area contributed by atoms with Gasteiger partial charge in [-0.05, 0) is 37.3 Å². The largest absolute Gasteiger partial charge is 0.452 e. The van der Waals surface area contributed by atoms with E-state index in [0.29, 0.717) is 17.5 Å². The minimum absolute atomic E-state index is 0.143. The first kappa shape index (κ1) is 24.2. The second-order valence-corrected chi connectivity index (χ2v) is 8.31. The number of aryl methyl sites for hydroxylation is 1. The molecule has 3 rings (SSSR count). The third-order valence-electron chi connectivity index (χ3n) is 4.79. The third-order valence-corrected chi connectivity index (χ3v) is 6.00. The van der Waals surface area contributed by atoms with E-state index in [1.807, 2.05) is 5.32 Å². The molecule has 0 bridgehead atoms. The highest BCUT2D eigenvalue weighted by atomic mass is 32.1. The summed E-state index contributed by atoms with van der Waals surface area (Å²) in [7, 11) is 0. The zero-order valence-corrected chi connectivity index (χ0v) is 18.0. The van der Waals surface area contributed by atoms with Crippen molar-refractivity contribution in [3.05, 3.63) is 49.9 Å². The molecule has 0 radical (unpaired) electrons. The fraction of sp³-hybridized carbons (Fsp3) is 0.350. The van der Waals surface area contributed by atoms with Crippen LogP contribution in [-0.4, -0.2) is 29.3 Å². The molecule has 0 fully saturated rings. The lowest BCUT2D eigenvalue weighted by molar-refractivity contribution is -0.385. The van der Waals surface area contributed by atoms with Crippen LogP contribution in [0.1, 0.15) is 46.1 Å². The number of carbonyl (C=O) groups excluding carboxylic acids is 3. The van der Waals surface area contributed by atoms with Gasteiger partial charge in [-0.3, -0.25) is 19.7 Å². The van der Waals surface area contributed by atoms with Crippen LogP contribution in [0.25, 0.3) is 0 Å². The Kier molecular flexibility index (Phi) is 7.01. The number of anilines is 2. The number of non-ortho nitro benzene ring substituents is 1. The fourth-order valence-corrected chi connectivity index (χ4v) is 4.73. The number of nitro benzene ring substituents is 1. The van der Waals surface area contributed by atoms with Crippen LogP contribution in [0.2, 0.25) is 0 Å². The molecule has 0 unspecified atom stereocenters. The van der Waals surface area contributed by atoms with Gasteiger partial charge < -0.3 is 15.4 Å². The summed E-state index contributed by atoms with van der Waals surface area (Å²) in [6.07, 6.45) is -1.86. The summed E-state index contributed by atoms with van der Waals surface area (Å²) in [5.74, 6) is -2.33. The summed E-state index contributed by atoms with van der Waals surface area (Å²) in [4.78, 5) is 47.1. The van der Waals surface area contributed by atoms with Crippen molar-refractivity contribution in [3.8, 4) is 0 Å². The molecule has 0 aliphatic heterocycles. The molecular weight excluding hydrogens is 467 g/mol. The highest BCUT2D eigenvalue weighted by molar-refractivity contribution is 7.17. The minimum atomic E-state index is -4.96. The number of benzene rings is 1. The number of hydrogen-bond acceptors (Lipinski definition) is 7. The van der Waals surface area contributed by atoms with E-state index in [-0.39, 0.29) is 5.56 Å². The second-order valence-electron chi connectivity index (χ2n) is 7.21. The smallest absolute Gasteiger partial charge is 0.418 e. The first-order valence-corrected chi connectivity index (χ1v) is 10.5. The Labute approximate surface area is 189 Å². The van der Waals surface area contributed by atoms with Crippen molar-refractivity contribution in [2.45, 2.75) is 38.8 Å². The summed E-state index contributed by atoms with van der Waals surface area (Å²) < 4.78 is 44.8. The zero-order valence-electron chi connectivity index (χ0n) is 17.2. The van der Waals surface area contributed by atoms with Crippen LogP contribution in [0.5, 0.6) is 0 Å². The SMILES string of the molecule is CC(=O)Nc1sc2c(c1C(=O)OCC(=O)Nc1ccc([N+](=O)[O-])cc1C(F)(F)F)CCCC2. The Morgan fingerprint density at radius 2 is 1.88 bits per heavy atom. The first-order valence-electron chi connectivity index (χ1n) is 9.72. The molecule has 33 heavy (non-hydrogen) atoms. The van der Waals surface area contributed by atoms with Gasteiger partial charge in [0.15, 0.2) is 6.61 Å². The van der Waals surface area contributed by atoms with Gasteiger partial charge in [-0.2, -0.15) is 13.2 Å². The predicted octanol–water partition coefficient (Wildman–Crippen LogP) is 4.31. The minimum Gasteiger partial charge on any atom is -0.452 e. The predicted molar refractivity (Wildman–Crippen MR) is 112 cm³/mol. The van der Waals surface area contributed by atoms with Gasteiger partial charge in [0.2, 0.25) is 5.91 Å². The van der Waals surface area contributed by atoms with Gasteiger partial charge in [0.05, 0.1) is 21.7 Å². The molecule has 2 amide bonds. The summed E-state index contributed by atoms with van der Waals surface area (Å²) >= 11 is 1.25. The van der Waals surface area contributed by atoms with Gasteiger partial charge in [-0.15, -0.1) is 11.3 Å². The van der Waals surface area contributed by atoms with Crippen molar-refractivity contribution >= 4 is 45.5 Å².